The van der Waals surface area contributed by atoms with Crippen LogP contribution in [0.2, 0.25) is 0 Å². The number of carbonyl (C=O) groups excluding carboxylic acids is 1. The Labute approximate surface area is 121 Å². The summed E-state index contributed by atoms with van der Waals surface area (Å²) >= 11 is 0. The Morgan fingerprint density at radius 1 is 1.38 bits per heavy atom. The van der Waals surface area contributed by atoms with Crippen LogP contribution in [0.5, 0.6) is 0 Å². The normalized spacial score (nSPS) is 10.4. The molecule has 7 nitrogen and oxygen atoms in total. The molecule has 7 heteroatoms. The van der Waals surface area contributed by atoms with Crippen molar-refractivity contribution in [2.45, 2.75) is 6.92 Å². The predicted octanol–water partition coefficient (Wildman–Crippen LogP) is 1.37. The number of hydrogen-bond donors (Lipinski definition) is 2. The van der Waals surface area contributed by atoms with Crippen LogP contribution in [0.4, 0.5) is 11.4 Å². The lowest BCUT2D eigenvalue weighted by molar-refractivity contribution is 0.0697. The number of nitrogen functional groups attached to an aromatic ring is 1. The van der Waals surface area contributed by atoms with Crippen molar-refractivity contribution in [2.24, 2.45) is 7.05 Å². The molecule has 0 radical (unpaired) electrons. The zero-order chi connectivity index (χ0) is 15.6. The van der Waals surface area contributed by atoms with Gasteiger partial charge < -0.3 is 15.7 Å². The first-order valence-corrected chi connectivity index (χ1v) is 6.37. The first-order valence-electron chi connectivity index (χ1n) is 6.37. The maximum Gasteiger partial charge on any atom is 0.335 e. The molecule has 0 spiro atoms. The summed E-state index contributed by atoms with van der Waals surface area (Å²) in [7, 11) is 1.73. The van der Waals surface area contributed by atoms with Crippen LogP contribution in [0.15, 0.2) is 30.6 Å². The lowest BCUT2D eigenvalue weighted by atomic mass is 10.1. The fourth-order valence-corrected chi connectivity index (χ4v) is 2.04. The second-order valence-electron chi connectivity index (χ2n) is 4.53. The SMILES string of the molecule is CCN(C(=O)c1cnn(C)c1)c1ccc(C(=O)O)cc1N. The van der Waals surface area contributed by atoms with Crippen LogP contribution in [0.1, 0.15) is 27.6 Å². The molecule has 0 saturated carbocycles. The molecule has 21 heavy (non-hydrogen) atoms. The summed E-state index contributed by atoms with van der Waals surface area (Å²) in [5.41, 5.74) is 7.14. The van der Waals surface area contributed by atoms with Crippen molar-refractivity contribution < 1.29 is 14.7 Å². The van der Waals surface area contributed by atoms with Gasteiger partial charge in [-0.25, -0.2) is 4.79 Å². The van der Waals surface area contributed by atoms with E-state index in [2.05, 4.69) is 5.10 Å². The van der Waals surface area contributed by atoms with Crippen LogP contribution in [0.3, 0.4) is 0 Å². The van der Waals surface area contributed by atoms with Crippen molar-refractivity contribution in [3.8, 4) is 0 Å². The van der Waals surface area contributed by atoms with Gasteiger partial charge in [0.25, 0.3) is 5.91 Å². The Balaban J connectivity index is 2.37. The van der Waals surface area contributed by atoms with Gasteiger partial charge in [0.1, 0.15) is 0 Å². The molecule has 0 unspecified atom stereocenters. The fraction of sp³-hybridized carbons (Fsp3) is 0.214. The molecule has 2 rings (SSSR count). The van der Waals surface area contributed by atoms with Crippen LogP contribution in [0.25, 0.3) is 0 Å². The lowest BCUT2D eigenvalue weighted by Gasteiger charge is -2.22. The van der Waals surface area contributed by atoms with E-state index in [9.17, 15) is 9.59 Å². The number of rotatable bonds is 4. The molecule has 0 fully saturated rings. The predicted molar refractivity (Wildman–Crippen MR) is 78.4 cm³/mol. The number of hydrogen-bond acceptors (Lipinski definition) is 4. The van der Waals surface area contributed by atoms with Gasteiger partial charge >= 0.3 is 5.97 Å². The number of aryl methyl sites for hydroxylation is 1. The summed E-state index contributed by atoms with van der Waals surface area (Å²) in [5, 5.41) is 12.9. The van der Waals surface area contributed by atoms with Gasteiger partial charge in [-0.3, -0.25) is 9.48 Å². The van der Waals surface area contributed by atoms with E-state index in [-0.39, 0.29) is 17.2 Å². The van der Waals surface area contributed by atoms with Crippen LogP contribution in [-0.4, -0.2) is 33.3 Å². The molecule has 0 aliphatic rings. The Morgan fingerprint density at radius 2 is 2.10 bits per heavy atom. The summed E-state index contributed by atoms with van der Waals surface area (Å²) in [5.74, 6) is -1.30. The molecule has 0 aliphatic carbocycles. The number of nitrogens with two attached hydrogens (primary N) is 1. The summed E-state index contributed by atoms with van der Waals surface area (Å²) < 4.78 is 1.54. The minimum Gasteiger partial charge on any atom is -0.478 e. The molecular formula is C14H16N4O3. The molecule has 0 bridgehead atoms. The highest BCUT2D eigenvalue weighted by Gasteiger charge is 2.20. The first kappa shape index (κ1) is 14.6. The van der Waals surface area contributed by atoms with E-state index >= 15 is 0 Å². The molecule has 3 N–H and O–H groups in total. The number of benzene rings is 1. The van der Waals surface area contributed by atoms with Crippen molar-refractivity contribution in [1.29, 1.82) is 0 Å². The largest absolute Gasteiger partial charge is 0.478 e. The van der Waals surface area contributed by atoms with Gasteiger partial charge in [-0.1, -0.05) is 0 Å². The average Bonchev–Trinajstić information content (AvgIpc) is 2.87. The molecule has 0 aliphatic heterocycles. The third kappa shape index (κ3) is 2.86. The third-order valence-electron chi connectivity index (χ3n) is 3.08. The van der Waals surface area contributed by atoms with Crippen LogP contribution in [-0.2, 0) is 7.05 Å². The molecule has 1 aromatic carbocycles. The third-order valence-corrected chi connectivity index (χ3v) is 3.08. The Kier molecular flexibility index (Phi) is 3.93. The van der Waals surface area contributed by atoms with E-state index in [4.69, 9.17) is 10.8 Å². The molecule has 2 aromatic rings. The van der Waals surface area contributed by atoms with Gasteiger partial charge in [0.2, 0.25) is 0 Å². The molecule has 1 heterocycles. The topological polar surface area (TPSA) is 101 Å². The highest BCUT2D eigenvalue weighted by Crippen LogP contribution is 2.25. The maximum absolute atomic E-state index is 12.5. The van der Waals surface area contributed by atoms with Gasteiger partial charge in [-0.2, -0.15) is 5.10 Å². The number of anilines is 2. The Bertz CT molecular complexity index is 693. The first-order chi connectivity index (χ1) is 9.93. The van der Waals surface area contributed by atoms with Crippen LogP contribution in [0, 0.1) is 0 Å². The number of aromatic nitrogens is 2. The highest BCUT2D eigenvalue weighted by molar-refractivity contribution is 6.07. The second kappa shape index (κ2) is 5.66. The van der Waals surface area contributed by atoms with E-state index in [1.807, 2.05) is 6.92 Å². The summed E-state index contributed by atoms with van der Waals surface area (Å²) in [4.78, 5) is 24.9. The molecule has 0 atom stereocenters. The lowest BCUT2D eigenvalue weighted by Crippen LogP contribution is -2.31. The van der Waals surface area contributed by atoms with Gasteiger partial charge in [0, 0.05) is 19.8 Å². The maximum atomic E-state index is 12.5. The molecule has 1 aromatic heterocycles. The Morgan fingerprint density at radius 3 is 2.57 bits per heavy atom. The van der Waals surface area contributed by atoms with E-state index in [0.29, 0.717) is 17.8 Å². The molecule has 1 amide bonds. The summed E-state index contributed by atoms with van der Waals surface area (Å²) in [6.07, 6.45) is 3.10. The van der Waals surface area contributed by atoms with Crippen molar-refractivity contribution >= 4 is 23.3 Å². The number of carbonyl (C=O) groups is 2. The van der Waals surface area contributed by atoms with Gasteiger partial charge in [0.05, 0.1) is 28.7 Å². The minimum atomic E-state index is -1.06. The smallest absolute Gasteiger partial charge is 0.335 e. The summed E-state index contributed by atoms with van der Waals surface area (Å²) in [6.45, 7) is 2.23. The fourth-order valence-electron chi connectivity index (χ4n) is 2.04. The summed E-state index contributed by atoms with van der Waals surface area (Å²) in [6, 6.07) is 4.31. The molecular weight excluding hydrogens is 272 g/mol. The quantitative estimate of drug-likeness (QED) is 0.827. The monoisotopic (exact) mass is 288 g/mol. The van der Waals surface area contributed by atoms with E-state index in [1.54, 1.807) is 13.2 Å². The standard InChI is InChI=1S/C14H16N4O3/c1-3-18(13(19)10-7-16-17(2)8-10)12-5-4-9(14(20)21)6-11(12)15/h4-8H,3,15H2,1-2H3,(H,20,21). The Hall–Kier alpha value is -2.83. The van der Waals surface area contributed by atoms with Crippen molar-refractivity contribution in [3.63, 3.8) is 0 Å². The number of carboxylic acid groups (broad SMARTS) is 1. The highest BCUT2D eigenvalue weighted by atomic mass is 16.4. The van der Waals surface area contributed by atoms with Crippen LogP contribution < -0.4 is 10.6 Å². The number of carboxylic acids is 1. The van der Waals surface area contributed by atoms with E-state index in [0.717, 1.165) is 0 Å². The van der Waals surface area contributed by atoms with Crippen molar-refractivity contribution in [3.05, 3.63) is 41.7 Å². The van der Waals surface area contributed by atoms with Crippen molar-refractivity contribution in [1.82, 2.24) is 9.78 Å². The second-order valence-corrected chi connectivity index (χ2v) is 4.53. The van der Waals surface area contributed by atoms with E-state index in [1.165, 1.54) is 34.0 Å². The van der Waals surface area contributed by atoms with Crippen LogP contribution >= 0.6 is 0 Å². The minimum absolute atomic E-state index is 0.0844. The molecule has 0 saturated heterocycles. The average molecular weight is 288 g/mol. The number of nitrogens with zero attached hydrogens (tertiary/aromatic N) is 3. The van der Waals surface area contributed by atoms with Gasteiger partial charge in [0.15, 0.2) is 0 Å². The molecule has 110 valence electrons. The zero-order valence-electron chi connectivity index (χ0n) is 11.8. The van der Waals surface area contributed by atoms with E-state index < -0.39 is 5.97 Å². The number of amides is 1. The van der Waals surface area contributed by atoms with Gasteiger partial charge in [-0.15, -0.1) is 0 Å². The zero-order valence-corrected chi connectivity index (χ0v) is 11.8. The van der Waals surface area contributed by atoms with Gasteiger partial charge in [-0.05, 0) is 25.1 Å². The number of aromatic carboxylic acids is 1. The van der Waals surface area contributed by atoms with Crippen molar-refractivity contribution in [2.75, 3.05) is 17.2 Å².